The van der Waals surface area contributed by atoms with Crippen LogP contribution in [0.25, 0.3) is 10.9 Å². The summed E-state index contributed by atoms with van der Waals surface area (Å²) in [5, 5.41) is 1.02. The van der Waals surface area contributed by atoms with Gasteiger partial charge in [0.25, 0.3) is 5.91 Å². The molecule has 1 aromatic carbocycles. The SMILES string of the molecule is Cn1cc(C(=O)N2CCCCC2c2ccccn2)c2ccccc21. The Labute approximate surface area is 141 Å². The van der Waals surface area contributed by atoms with Gasteiger partial charge in [-0.1, -0.05) is 24.3 Å². The molecule has 1 aliphatic rings. The van der Waals surface area contributed by atoms with E-state index in [1.807, 2.05) is 65.3 Å². The Morgan fingerprint density at radius 3 is 2.79 bits per heavy atom. The van der Waals surface area contributed by atoms with Gasteiger partial charge in [0.2, 0.25) is 0 Å². The number of para-hydroxylation sites is 1. The fraction of sp³-hybridized carbons (Fsp3) is 0.300. The maximum Gasteiger partial charge on any atom is 0.256 e. The number of fused-ring (bicyclic) bond motifs is 1. The molecule has 4 rings (SSSR count). The molecule has 0 radical (unpaired) electrons. The van der Waals surface area contributed by atoms with Gasteiger partial charge in [-0.15, -0.1) is 0 Å². The van der Waals surface area contributed by atoms with E-state index in [0.29, 0.717) is 0 Å². The summed E-state index contributed by atoms with van der Waals surface area (Å²) in [6, 6.07) is 14.1. The van der Waals surface area contributed by atoms with Crippen LogP contribution < -0.4 is 0 Å². The van der Waals surface area contributed by atoms with Crippen LogP contribution in [0.2, 0.25) is 0 Å². The summed E-state index contributed by atoms with van der Waals surface area (Å²) in [5.74, 6) is 0.113. The molecule has 122 valence electrons. The van der Waals surface area contributed by atoms with Gasteiger partial charge in [-0.2, -0.15) is 0 Å². The number of aryl methyl sites for hydroxylation is 1. The maximum absolute atomic E-state index is 13.3. The molecule has 0 bridgehead atoms. The van der Waals surface area contributed by atoms with Crippen molar-refractivity contribution >= 4 is 16.8 Å². The van der Waals surface area contributed by atoms with E-state index in [-0.39, 0.29) is 11.9 Å². The van der Waals surface area contributed by atoms with Crippen LogP contribution in [0.1, 0.15) is 41.4 Å². The molecule has 0 N–H and O–H groups in total. The van der Waals surface area contributed by atoms with Crippen molar-refractivity contribution in [1.82, 2.24) is 14.5 Å². The fourth-order valence-corrected chi connectivity index (χ4v) is 3.72. The van der Waals surface area contributed by atoms with Crippen molar-refractivity contribution < 1.29 is 4.79 Å². The molecule has 1 atom stereocenters. The second-order valence-electron chi connectivity index (χ2n) is 6.44. The van der Waals surface area contributed by atoms with E-state index < -0.39 is 0 Å². The Kier molecular flexibility index (Phi) is 3.81. The molecule has 1 fully saturated rings. The molecule has 1 aliphatic heterocycles. The summed E-state index contributed by atoms with van der Waals surface area (Å²) < 4.78 is 2.03. The van der Waals surface area contributed by atoms with Crippen molar-refractivity contribution in [3.05, 3.63) is 66.1 Å². The van der Waals surface area contributed by atoms with Crippen molar-refractivity contribution in [2.75, 3.05) is 6.54 Å². The topological polar surface area (TPSA) is 38.1 Å². The molecule has 3 aromatic rings. The lowest BCUT2D eigenvalue weighted by Gasteiger charge is -2.35. The number of likely N-dealkylation sites (tertiary alicyclic amines) is 1. The quantitative estimate of drug-likeness (QED) is 0.717. The zero-order valence-electron chi connectivity index (χ0n) is 13.9. The Bertz CT molecular complexity index is 869. The first-order chi connectivity index (χ1) is 11.8. The lowest BCUT2D eigenvalue weighted by Crippen LogP contribution is -2.38. The first-order valence-electron chi connectivity index (χ1n) is 8.51. The van der Waals surface area contributed by atoms with Crippen LogP contribution in [0.4, 0.5) is 0 Å². The zero-order valence-corrected chi connectivity index (χ0v) is 13.9. The summed E-state index contributed by atoms with van der Waals surface area (Å²) in [5.41, 5.74) is 2.87. The molecule has 0 aliphatic carbocycles. The van der Waals surface area contributed by atoms with Crippen molar-refractivity contribution in [2.45, 2.75) is 25.3 Å². The normalized spacial score (nSPS) is 18.0. The van der Waals surface area contributed by atoms with Gasteiger partial charge in [-0.05, 0) is 37.5 Å². The van der Waals surface area contributed by atoms with Crippen molar-refractivity contribution in [3.63, 3.8) is 0 Å². The number of piperidine rings is 1. The molecule has 1 unspecified atom stereocenters. The van der Waals surface area contributed by atoms with Crippen LogP contribution in [0.5, 0.6) is 0 Å². The standard InChI is InChI=1S/C20H21N3O/c1-22-14-16(15-8-2-3-10-18(15)22)20(24)23-13-7-5-11-19(23)17-9-4-6-12-21-17/h2-4,6,8-10,12,14,19H,5,7,11,13H2,1H3. The number of carbonyl (C=O) groups excluding carboxylic acids is 1. The van der Waals surface area contributed by atoms with Crippen LogP contribution in [-0.2, 0) is 7.05 Å². The second-order valence-corrected chi connectivity index (χ2v) is 6.44. The Morgan fingerprint density at radius 1 is 1.12 bits per heavy atom. The Hall–Kier alpha value is -2.62. The average molecular weight is 319 g/mol. The van der Waals surface area contributed by atoms with E-state index in [1.165, 1.54) is 0 Å². The van der Waals surface area contributed by atoms with Gasteiger partial charge in [0, 0.05) is 36.9 Å². The molecule has 0 spiro atoms. The number of amides is 1. The predicted molar refractivity (Wildman–Crippen MR) is 94.8 cm³/mol. The van der Waals surface area contributed by atoms with E-state index in [2.05, 4.69) is 11.1 Å². The minimum atomic E-state index is 0.0754. The zero-order chi connectivity index (χ0) is 16.5. The monoisotopic (exact) mass is 319 g/mol. The largest absolute Gasteiger partial charge is 0.350 e. The number of carbonyl (C=O) groups is 1. The summed E-state index contributed by atoms with van der Waals surface area (Å²) in [4.78, 5) is 19.8. The fourth-order valence-electron chi connectivity index (χ4n) is 3.72. The lowest BCUT2D eigenvalue weighted by molar-refractivity contribution is 0.0608. The second kappa shape index (κ2) is 6.11. The van der Waals surface area contributed by atoms with Crippen LogP contribution in [0, 0.1) is 0 Å². The molecule has 1 saturated heterocycles. The van der Waals surface area contributed by atoms with Gasteiger partial charge >= 0.3 is 0 Å². The van der Waals surface area contributed by atoms with Gasteiger partial charge in [0.05, 0.1) is 17.3 Å². The lowest BCUT2D eigenvalue weighted by atomic mass is 9.97. The van der Waals surface area contributed by atoms with Gasteiger partial charge in [0.1, 0.15) is 0 Å². The molecular weight excluding hydrogens is 298 g/mol. The molecular formula is C20H21N3O. The third kappa shape index (κ3) is 2.48. The molecule has 3 heterocycles. The third-order valence-electron chi connectivity index (χ3n) is 4.92. The number of pyridine rings is 1. The van der Waals surface area contributed by atoms with Crippen LogP contribution in [-0.4, -0.2) is 26.9 Å². The first-order valence-corrected chi connectivity index (χ1v) is 8.51. The smallest absolute Gasteiger partial charge is 0.256 e. The van der Waals surface area contributed by atoms with E-state index in [4.69, 9.17) is 0 Å². The van der Waals surface area contributed by atoms with Gasteiger partial charge < -0.3 is 9.47 Å². The van der Waals surface area contributed by atoms with E-state index in [1.54, 1.807) is 0 Å². The number of hydrogen-bond donors (Lipinski definition) is 0. The van der Waals surface area contributed by atoms with E-state index in [9.17, 15) is 4.79 Å². The highest BCUT2D eigenvalue weighted by Crippen LogP contribution is 2.32. The average Bonchev–Trinajstić information content (AvgIpc) is 2.99. The van der Waals surface area contributed by atoms with E-state index in [0.717, 1.165) is 48.0 Å². The van der Waals surface area contributed by atoms with Crippen molar-refractivity contribution in [1.29, 1.82) is 0 Å². The molecule has 24 heavy (non-hydrogen) atoms. The molecule has 4 nitrogen and oxygen atoms in total. The maximum atomic E-state index is 13.3. The van der Waals surface area contributed by atoms with Crippen LogP contribution in [0.15, 0.2) is 54.9 Å². The summed E-state index contributed by atoms with van der Waals surface area (Å²) in [7, 11) is 1.99. The Morgan fingerprint density at radius 2 is 1.96 bits per heavy atom. The number of rotatable bonds is 2. The summed E-state index contributed by atoms with van der Waals surface area (Å²) in [6.07, 6.45) is 6.94. The minimum Gasteiger partial charge on any atom is -0.350 e. The molecule has 4 heteroatoms. The highest BCUT2D eigenvalue weighted by Gasteiger charge is 2.30. The third-order valence-corrected chi connectivity index (χ3v) is 4.92. The summed E-state index contributed by atoms with van der Waals surface area (Å²) >= 11 is 0. The minimum absolute atomic E-state index is 0.0754. The Balaban J connectivity index is 1.74. The predicted octanol–water partition coefficient (Wildman–Crippen LogP) is 3.94. The highest BCUT2D eigenvalue weighted by molar-refractivity contribution is 6.07. The number of aromatic nitrogens is 2. The van der Waals surface area contributed by atoms with Crippen molar-refractivity contribution in [3.8, 4) is 0 Å². The van der Waals surface area contributed by atoms with Gasteiger partial charge in [-0.25, -0.2) is 0 Å². The van der Waals surface area contributed by atoms with Crippen molar-refractivity contribution in [2.24, 2.45) is 7.05 Å². The molecule has 1 amide bonds. The van der Waals surface area contributed by atoms with Gasteiger partial charge in [0.15, 0.2) is 0 Å². The number of nitrogens with zero attached hydrogens (tertiary/aromatic N) is 3. The summed E-state index contributed by atoms with van der Waals surface area (Å²) in [6.45, 7) is 0.795. The highest BCUT2D eigenvalue weighted by atomic mass is 16.2. The van der Waals surface area contributed by atoms with Crippen LogP contribution >= 0.6 is 0 Å². The number of hydrogen-bond acceptors (Lipinski definition) is 2. The first kappa shape index (κ1) is 14.9. The molecule has 2 aromatic heterocycles. The van der Waals surface area contributed by atoms with E-state index >= 15 is 0 Å². The van der Waals surface area contributed by atoms with Crippen LogP contribution in [0.3, 0.4) is 0 Å². The molecule has 0 saturated carbocycles. The van der Waals surface area contributed by atoms with Gasteiger partial charge in [-0.3, -0.25) is 9.78 Å². The number of benzene rings is 1.